The highest BCUT2D eigenvalue weighted by molar-refractivity contribution is 4.95. The summed E-state index contributed by atoms with van der Waals surface area (Å²) in [5.41, 5.74) is -0.484. The molecule has 0 saturated carbocycles. The standard InChI is InChI=1S/C11H22N2O/c1-11(14)5-6-12-9-10(11)13-7-3-2-4-8-13/h10,12,14H,2-9H2,1H3/t10-,11-/m0/s1. The molecule has 82 valence electrons. The minimum absolute atomic E-state index is 0.330. The third-order valence-electron chi connectivity index (χ3n) is 3.69. The van der Waals surface area contributed by atoms with Crippen LogP contribution in [0, 0.1) is 0 Å². The summed E-state index contributed by atoms with van der Waals surface area (Å²) >= 11 is 0. The summed E-state index contributed by atoms with van der Waals surface area (Å²) in [5, 5.41) is 13.7. The van der Waals surface area contributed by atoms with Crippen LogP contribution >= 0.6 is 0 Å². The maximum absolute atomic E-state index is 10.3. The van der Waals surface area contributed by atoms with E-state index in [2.05, 4.69) is 10.2 Å². The molecule has 2 N–H and O–H groups in total. The number of rotatable bonds is 1. The molecule has 14 heavy (non-hydrogen) atoms. The van der Waals surface area contributed by atoms with E-state index in [9.17, 15) is 5.11 Å². The van der Waals surface area contributed by atoms with Gasteiger partial charge in [0.25, 0.3) is 0 Å². The average molecular weight is 198 g/mol. The molecule has 0 radical (unpaired) electrons. The summed E-state index contributed by atoms with van der Waals surface area (Å²) in [6.07, 6.45) is 4.84. The molecule has 0 aromatic carbocycles. The lowest BCUT2D eigenvalue weighted by molar-refractivity contribution is -0.0576. The minimum atomic E-state index is -0.484. The van der Waals surface area contributed by atoms with Crippen molar-refractivity contribution in [2.45, 2.75) is 44.2 Å². The lowest BCUT2D eigenvalue weighted by atomic mass is 9.87. The Bertz CT molecular complexity index is 188. The van der Waals surface area contributed by atoms with Gasteiger partial charge in [-0.05, 0) is 45.8 Å². The van der Waals surface area contributed by atoms with Crippen LogP contribution in [0.15, 0.2) is 0 Å². The van der Waals surface area contributed by atoms with Gasteiger partial charge in [0.1, 0.15) is 0 Å². The van der Waals surface area contributed by atoms with Crippen molar-refractivity contribution < 1.29 is 5.11 Å². The Balaban J connectivity index is 1.99. The van der Waals surface area contributed by atoms with Gasteiger partial charge in [-0.1, -0.05) is 6.42 Å². The quantitative estimate of drug-likeness (QED) is 0.647. The van der Waals surface area contributed by atoms with Gasteiger partial charge in [-0.15, -0.1) is 0 Å². The van der Waals surface area contributed by atoms with Crippen LogP contribution in [0.2, 0.25) is 0 Å². The number of nitrogens with one attached hydrogen (secondary N) is 1. The number of piperidine rings is 2. The van der Waals surface area contributed by atoms with Crippen molar-refractivity contribution in [3.8, 4) is 0 Å². The van der Waals surface area contributed by atoms with Crippen molar-refractivity contribution in [2.75, 3.05) is 26.2 Å². The van der Waals surface area contributed by atoms with Gasteiger partial charge in [0.15, 0.2) is 0 Å². The number of hydrogen-bond donors (Lipinski definition) is 2. The Kier molecular flexibility index (Phi) is 3.10. The SMILES string of the molecule is C[C@]1(O)CCNC[C@@H]1N1CCCCC1. The van der Waals surface area contributed by atoms with E-state index < -0.39 is 5.60 Å². The number of nitrogens with zero attached hydrogens (tertiary/aromatic N) is 1. The summed E-state index contributed by atoms with van der Waals surface area (Å²) in [4.78, 5) is 2.47. The zero-order valence-electron chi connectivity index (χ0n) is 9.13. The molecule has 0 bridgehead atoms. The first-order valence-corrected chi connectivity index (χ1v) is 5.87. The van der Waals surface area contributed by atoms with Crippen molar-refractivity contribution in [3.63, 3.8) is 0 Å². The third-order valence-corrected chi connectivity index (χ3v) is 3.69. The second-order valence-electron chi connectivity index (χ2n) is 4.92. The van der Waals surface area contributed by atoms with Crippen LogP contribution in [0.3, 0.4) is 0 Å². The van der Waals surface area contributed by atoms with E-state index in [0.29, 0.717) is 6.04 Å². The van der Waals surface area contributed by atoms with Crippen molar-refractivity contribution in [1.29, 1.82) is 0 Å². The molecule has 0 aromatic heterocycles. The Morgan fingerprint density at radius 2 is 2.00 bits per heavy atom. The molecule has 0 spiro atoms. The molecule has 2 saturated heterocycles. The van der Waals surface area contributed by atoms with Crippen LogP contribution < -0.4 is 5.32 Å². The van der Waals surface area contributed by atoms with E-state index >= 15 is 0 Å². The largest absolute Gasteiger partial charge is 0.388 e. The Morgan fingerprint density at radius 1 is 1.29 bits per heavy atom. The topological polar surface area (TPSA) is 35.5 Å². The molecular weight excluding hydrogens is 176 g/mol. The fraction of sp³-hybridized carbons (Fsp3) is 1.00. The van der Waals surface area contributed by atoms with E-state index in [1.165, 1.54) is 32.4 Å². The first kappa shape index (κ1) is 10.4. The predicted molar refractivity (Wildman–Crippen MR) is 57.3 cm³/mol. The van der Waals surface area contributed by atoms with E-state index in [1.54, 1.807) is 0 Å². The first-order chi connectivity index (χ1) is 6.70. The monoisotopic (exact) mass is 198 g/mol. The van der Waals surface area contributed by atoms with Gasteiger partial charge in [-0.2, -0.15) is 0 Å². The molecule has 2 heterocycles. The number of likely N-dealkylation sites (tertiary alicyclic amines) is 1. The molecule has 0 aliphatic carbocycles. The average Bonchev–Trinajstić information content (AvgIpc) is 2.18. The predicted octanol–water partition coefficient (Wildman–Crippen LogP) is 0.585. The van der Waals surface area contributed by atoms with E-state index in [1.807, 2.05) is 6.92 Å². The van der Waals surface area contributed by atoms with Crippen molar-refractivity contribution in [3.05, 3.63) is 0 Å². The van der Waals surface area contributed by atoms with Gasteiger partial charge in [-0.25, -0.2) is 0 Å². The van der Waals surface area contributed by atoms with Gasteiger partial charge in [-0.3, -0.25) is 4.90 Å². The van der Waals surface area contributed by atoms with E-state index in [0.717, 1.165) is 19.5 Å². The second-order valence-corrected chi connectivity index (χ2v) is 4.92. The van der Waals surface area contributed by atoms with Gasteiger partial charge < -0.3 is 10.4 Å². The van der Waals surface area contributed by atoms with Crippen molar-refractivity contribution in [1.82, 2.24) is 10.2 Å². The molecule has 2 aliphatic heterocycles. The summed E-state index contributed by atoms with van der Waals surface area (Å²) < 4.78 is 0. The van der Waals surface area contributed by atoms with Crippen LogP contribution in [0.5, 0.6) is 0 Å². The molecule has 2 atom stereocenters. The van der Waals surface area contributed by atoms with E-state index in [-0.39, 0.29) is 0 Å². The fourth-order valence-electron chi connectivity index (χ4n) is 2.72. The highest BCUT2D eigenvalue weighted by Gasteiger charge is 2.38. The van der Waals surface area contributed by atoms with Crippen LogP contribution in [0.1, 0.15) is 32.6 Å². The summed E-state index contributed by atoms with van der Waals surface area (Å²) in [6, 6.07) is 0.330. The van der Waals surface area contributed by atoms with Gasteiger partial charge in [0.2, 0.25) is 0 Å². The van der Waals surface area contributed by atoms with Crippen molar-refractivity contribution in [2.24, 2.45) is 0 Å². The maximum Gasteiger partial charge on any atom is 0.0798 e. The zero-order chi connectivity index (χ0) is 10.0. The summed E-state index contributed by atoms with van der Waals surface area (Å²) in [7, 11) is 0. The Hall–Kier alpha value is -0.120. The molecule has 2 fully saturated rings. The van der Waals surface area contributed by atoms with Crippen molar-refractivity contribution >= 4 is 0 Å². The molecule has 0 amide bonds. The second kappa shape index (κ2) is 4.17. The Morgan fingerprint density at radius 3 is 2.64 bits per heavy atom. The fourth-order valence-corrected chi connectivity index (χ4v) is 2.72. The molecule has 0 unspecified atom stereocenters. The molecule has 2 aliphatic rings. The zero-order valence-corrected chi connectivity index (χ0v) is 9.13. The van der Waals surface area contributed by atoms with Crippen LogP contribution in [0.4, 0.5) is 0 Å². The molecule has 2 rings (SSSR count). The van der Waals surface area contributed by atoms with Gasteiger partial charge in [0.05, 0.1) is 11.6 Å². The first-order valence-electron chi connectivity index (χ1n) is 5.87. The molecule has 0 aromatic rings. The molecule has 3 heteroatoms. The smallest absolute Gasteiger partial charge is 0.0798 e. The molecule has 3 nitrogen and oxygen atoms in total. The summed E-state index contributed by atoms with van der Waals surface area (Å²) in [5.74, 6) is 0. The van der Waals surface area contributed by atoms with Crippen LogP contribution in [-0.4, -0.2) is 47.8 Å². The van der Waals surface area contributed by atoms with Crippen LogP contribution in [0.25, 0.3) is 0 Å². The third kappa shape index (κ3) is 2.10. The molecular formula is C11H22N2O. The van der Waals surface area contributed by atoms with Crippen LogP contribution in [-0.2, 0) is 0 Å². The lowest BCUT2D eigenvalue weighted by Gasteiger charge is -2.45. The van der Waals surface area contributed by atoms with Gasteiger partial charge in [0, 0.05) is 6.54 Å². The van der Waals surface area contributed by atoms with Gasteiger partial charge >= 0.3 is 0 Å². The van der Waals surface area contributed by atoms with E-state index in [4.69, 9.17) is 0 Å². The number of hydrogen-bond acceptors (Lipinski definition) is 3. The number of aliphatic hydroxyl groups is 1. The Labute approximate surface area is 86.5 Å². The normalized spacial score (nSPS) is 41.1. The minimum Gasteiger partial charge on any atom is -0.388 e. The lowest BCUT2D eigenvalue weighted by Crippen LogP contribution is -2.61. The highest BCUT2D eigenvalue weighted by atomic mass is 16.3. The highest BCUT2D eigenvalue weighted by Crippen LogP contribution is 2.25. The maximum atomic E-state index is 10.3. The summed E-state index contributed by atoms with van der Waals surface area (Å²) in [6.45, 7) is 6.24.